The number of imidazole rings is 1. The van der Waals surface area contributed by atoms with Gasteiger partial charge in [-0.1, -0.05) is 0 Å². The first-order chi connectivity index (χ1) is 9.33. The first-order valence-corrected chi connectivity index (χ1v) is 6.72. The molecule has 0 spiro atoms. The van der Waals surface area contributed by atoms with Crippen LogP contribution in [-0.2, 0) is 0 Å². The number of hydrogen-bond acceptors (Lipinski definition) is 5. The van der Waals surface area contributed by atoms with Gasteiger partial charge in [0.1, 0.15) is 5.82 Å². The summed E-state index contributed by atoms with van der Waals surface area (Å²) >= 11 is 0. The molecule has 2 heterocycles. The Morgan fingerprint density at radius 3 is 3.00 bits per heavy atom. The van der Waals surface area contributed by atoms with Gasteiger partial charge in [-0.25, -0.2) is 9.97 Å². The Labute approximate surface area is 112 Å². The predicted octanol–water partition coefficient (Wildman–Crippen LogP) is 1.12. The first kappa shape index (κ1) is 12.2. The van der Waals surface area contributed by atoms with E-state index in [2.05, 4.69) is 20.2 Å². The molecule has 0 amide bonds. The van der Waals surface area contributed by atoms with Crippen LogP contribution in [0.4, 0.5) is 11.6 Å². The van der Waals surface area contributed by atoms with Crippen LogP contribution >= 0.6 is 0 Å². The van der Waals surface area contributed by atoms with Gasteiger partial charge in [-0.2, -0.15) is 0 Å². The van der Waals surface area contributed by atoms with Gasteiger partial charge in [0.15, 0.2) is 11.5 Å². The zero-order valence-corrected chi connectivity index (χ0v) is 11.1. The van der Waals surface area contributed by atoms with E-state index in [1.807, 2.05) is 23.8 Å². The van der Waals surface area contributed by atoms with Crippen LogP contribution in [0.25, 0.3) is 5.65 Å². The fourth-order valence-electron chi connectivity index (χ4n) is 2.50. The summed E-state index contributed by atoms with van der Waals surface area (Å²) in [6.45, 7) is 0.738. The van der Waals surface area contributed by atoms with Crippen molar-refractivity contribution in [2.75, 3.05) is 30.4 Å². The molecule has 0 saturated heterocycles. The number of anilines is 2. The number of aliphatic hydroxyl groups is 1. The Hall–Kier alpha value is -1.82. The second-order valence-corrected chi connectivity index (χ2v) is 4.86. The fraction of sp³-hybridized carbons (Fsp3) is 0.538. The Morgan fingerprint density at radius 2 is 2.37 bits per heavy atom. The average molecular weight is 261 g/mol. The Kier molecular flexibility index (Phi) is 3.25. The molecular formula is C13H19N5O. The molecular weight excluding hydrogens is 242 g/mol. The van der Waals surface area contributed by atoms with Gasteiger partial charge in [0, 0.05) is 32.0 Å². The molecule has 0 radical (unpaired) electrons. The zero-order chi connectivity index (χ0) is 13.2. The smallest absolute Gasteiger partial charge is 0.180 e. The summed E-state index contributed by atoms with van der Waals surface area (Å²) in [5, 5.41) is 12.4. The largest absolute Gasteiger partial charge is 0.395 e. The molecule has 102 valence electrons. The number of rotatable bonds is 5. The molecule has 1 aliphatic carbocycles. The van der Waals surface area contributed by atoms with Crippen molar-refractivity contribution in [3.8, 4) is 0 Å². The Bertz CT molecular complexity index is 563. The minimum atomic E-state index is 0.134. The molecule has 0 atom stereocenters. The van der Waals surface area contributed by atoms with Crippen molar-refractivity contribution in [3.05, 3.63) is 18.6 Å². The maximum atomic E-state index is 9.30. The van der Waals surface area contributed by atoms with Gasteiger partial charge >= 0.3 is 0 Å². The molecule has 2 N–H and O–H groups in total. The third-order valence-corrected chi connectivity index (χ3v) is 3.74. The van der Waals surface area contributed by atoms with E-state index in [0.29, 0.717) is 12.6 Å². The summed E-state index contributed by atoms with van der Waals surface area (Å²) in [6.07, 6.45) is 9.19. The fourth-order valence-corrected chi connectivity index (χ4v) is 2.50. The molecule has 1 saturated carbocycles. The second-order valence-electron chi connectivity index (χ2n) is 4.86. The molecule has 0 aliphatic heterocycles. The van der Waals surface area contributed by atoms with Crippen LogP contribution in [0.1, 0.15) is 19.3 Å². The minimum absolute atomic E-state index is 0.134. The molecule has 3 rings (SSSR count). The van der Waals surface area contributed by atoms with Crippen LogP contribution in [0.15, 0.2) is 18.6 Å². The van der Waals surface area contributed by atoms with E-state index in [4.69, 9.17) is 0 Å². The van der Waals surface area contributed by atoms with Crippen LogP contribution in [-0.4, -0.2) is 45.7 Å². The number of aromatic nitrogens is 3. The molecule has 6 heteroatoms. The lowest BCUT2D eigenvalue weighted by Gasteiger charge is -2.38. The molecule has 0 aromatic carbocycles. The summed E-state index contributed by atoms with van der Waals surface area (Å²) in [5.41, 5.74) is 0.847. The van der Waals surface area contributed by atoms with Crippen molar-refractivity contribution in [1.82, 2.24) is 14.4 Å². The lowest BCUT2D eigenvalue weighted by atomic mass is 9.91. The van der Waals surface area contributed by atoms with Crippen molar-refractivity contribution in [2.45, 2.75) is 25.3 Å². The van der Waals surface area contributed by atoms with E-state index in [0.717, 1.165) is 17.3 Å². The summed E-state index contributed by atoms with van der Waals surface area (Å²) in [7, 11) is 1.86. The highest BCUT2D eigenvalue weighted by atomic mass is 16.3. The summed E-state index contributed by atoms with van der Waals surface area (Å²) in [5.74, 6) is 1.67. The highest BCUT2D eigenvalue weighted by Gasteiger charge is 2.27. The van der Waals surface area contributed by atoms with Crippen LogP contribution in [0.5, 0.6) is 0 Å². The lowest BCUT2D eigenvalue weighted by molar-refractivity contribution is 0.283. The normalized spacial score (nSPS) is 15.5. The van der Waals surface area contributed by atoms with Gasteiger partial charge in [-0.3, -0.25) is 0 Å². The molecule has 19 heavy (non-hydrogen) atoms. The SMILES string of the molecule is CNc1cn2ccnc2c(N(CCO)C2CCC2)n1. The van der Waals surface area contributed by atoms with Crippen molar-refractivity contribution >= 4 is 17.3 Å². The molecule has 1 fully saturated rings. The lowest BCUT2D eigenvalue weighted by Crippen LogP contribution is -2.42. The second kappa shape index (κ2) is 5.05. The van der Waals surface area contributed by atoms with Crippen molar-refractivity contribution in [1.29, 1.82) is 0 Å². The summed E-state index contributed by atoms with van der Waals surface area (Å²) in [6, 6.07) is 0.479. The molecule has 2 aromatic heterocycles. The number of aliphatic hydroxyl groups excluding tert-OH is 1. The third-order valence-electron chi connectivity index (χ3n) is 3.74. The van der Waals surface area contributed by atoms with Crippen LogP contribution in [0, 0.1) is 0 Å². The van der Waals surface area contributed by atoms with Crippen molar-refractivity contribution in [2.24, 2.45) is 0 Å². The number of hydrogen-bond donors (Lipinski definition) is 2. The quantitative estimate of drug-likeness (QED) is 0.844. The number of nitrogens with zero attached hydrogens (tertiary/aromatic N) is 4. The topological polar surface area (TPSA) is 65.7 Å². The maximum Gasteiger partial charge on any atom is 0.180 e. The molecule has 0 unspecified atom stereocenters. The van der Waals surface area contributed by atoms with Crippen LogP contribution in [0.2, 0.25) is 0 Å². The standard InChI is InChI=1S/C13H19N5O/c1-14-11-9-17-6-5-15-12(17)13(16-11)18(7-8-19)10-3-2-4-10/h5-6,9-10,14,19H,2-4,7-8H2,1H3. The maximum absolute atomic E-state index is 9.30. The van der Waals surface area contributed by atoms with E-state index >= 15 is 0 Å². The zero-order valence-electron chi connectivity index (χ0n) is 11.1. The minimum Gasteiger partial charge on any atom is -0.395 e. The summed E-state index contributed by atoms with van der Waals surface area (Å²) < 4.78 is 1.97. The van der Waals surface area contributed by atoms with Gasteiger partial charge in [-0.15, -0.1) is 0 Å². The predicted molar refractivity (Wildman–Crippen MR) is 74.6 cm³/mol. The average Bonchev–Trinajstić information content (AvgIpc) is 2.83. The molecule has 2 aromatic rings. The highest BCUT2D eigenvalue weighted by molar-refractivity contribution is 5.67. The van der Waals surface area contributed by atoms with E-state index in [1.54, 1.807) is 6.20 Å². The monoisotopic (exact) mass is 261 g/mol. The summed E-state index contributed by atoms with van der Waals surface area (Å²) in [4.78, 5) is 11.2. The van der Waals surface area contributed by atoms with Crippen LogP contribution in [0.3, 0.4) is 0 Å². The highest BCUT2D eigenvalue weighted by Crippen LogP contribution is 2.30. The Morgan fingerprint density at radius 1 is 1.53 bits per heavy atom. The van der Waals surface area contributed by atoms with E-state index in [9.17, 15) is 5.11 Å². The van der Waals surface area contributed by atoms with Gasteiger partial charge in [-0.05, 0) is 19.3 Å². The van der Waals surface area contributed by atoms with Gasteiger partial charge in [0.05, 0.1) is 12.8 Å². The van der Waals surface area contributed by atoms with Gasteiger partial charge < -0.3 is 19.7 Å². The van der Waals surface area contributed by atoms with E-state index < -0.39 is 0 Å². The first-order valence-electron chi connectivity index (χ1n) is 6.72. The Balaban J connectivity index is 2.06. The van der Waals surface area contributed by atoms with E-state index in [-0.39, 0.29) is 6.61 Å². The molecule has 6 nitrogen and oxygen atoms in total. The molecule has 0 bridgehead atoms. The number of nitrogens with one attached hydrogen (secondary N) is 1. The van der Waals surface area contributed by atoms with Crippen LogP contribution < -0.4 is 10.2 Å². The van der Waals surface area contributed by atoms with E-state index in [1.165, 1.54) is 19.3 Å². The van der Waals surface area contributed by atoms with Crippen molar-refractivity contribution < 1.29 is 5.11 Å². The third kappa shape index (κ3) is 2.12. The molecule has 1 aliphatic rings. The van der Waals surface area contributed by atoms with Gasteiger partial charge in [0.2, 0.25) is 0 Å². The number of fused-ring (bicyclic) bond motifs is 1. The van der Waals surface area contributed by atoms with Crippen molar-refractivity contribution in [3.63, 3.8) is 0 Å². The van der Waals surface area contributed by atoms with Gasteiger partial charge in [0.25, 0.3) is 0 Å².